The van der Waals surface area contributed by atoms with E-state index >= 15 is 0 Å². The van der Waals surface area contributed by atoms with Crippen LogP contribution >= 0.6 is 0 Å². The number of anilines is 1. The third-order valence-corrected chi connectivity index (χ3v) is 5.80. The van der Waals surface area contributed by atoms with Crippen molar-refractivity contribution in [1.82, 2.24) is 4.90 Å². The molecule has 1 aliphatic heterocycles. The Morgan fingerprint density at radius 1 is 0.929 bits per heavy atom. The number of carbonyl (C=O) groups is 1. The van der Waals surface area contributed by atoms with Crippen LogP contribution in [0.25, 0.3) is 0 Å². The normalized spacial score (nSPS) is 16.0. The highest BCUT2D eigenvalue weighted by Crippen LogP contribution is 2.33. The summed E-state index contributed by atoms with van der Waals surface area (Å²) in [7, 11) is 3.33. The van der Waals surface area contributed by atoms with Gasteiger partial charge in [0.25, 0.3) is 0 Å². The molecule has 5 heteroatoms. The Labute approximate surface area is 167 Å². The number of rotatable bonds is 6. The Balaban J connectivity index is 1.70. The number of piperazine rings is 1. The molecule has 0 N–H and O–H groups in total. The van der Waals surface area contributed by atoms with Crippen LogP contribution in [0.15, 0.2) is 30.3 Å². The fourth-order valence-corrected chi connectivity index (χ4v) is 3.96. The van der Waals surface area contributed by atoms with E-state index in [1.165, 1.54) is 11.3 Å². The van der Waals surface area contributed by atoms with E-state index < -0.39 is 0 Å². The second-order valence-corrected chi connectivity index (χ2v) is 7.43. The van der Waals surface area contributed by atoms with Crippen molar-refractivity contribution >= 4 is 12.0 Å². The molecule has 2 aromatic carbocycles. The van der Waals surface area contributed by atoms with Gasteiger partial charge in [-0.25, -0.2) is 0 Å². The molecule has 0 saturated carbocycles. The van der Waals surface area contributed by atoms with Gasteiger partial charge in [-0.1, -0.05) is 6.07 Å². The summed E-state index contributed by atoms with van der Waals surface area (Å²) in [4.78, 5) is 16.1. The van der Waals surface area contributed by atoms with E-state index in [4.69, 9.17) is 9.47 Å². The van der Waals surface area contributed by atoms with Crippen LogP contribution in [-0.2, 0) is 0 Å². The minimum absolute atomic E-state index is 0.308. The van der Waals surface area contributed by atoms with Crippen LogP contribution in [0.5, 0.6) is 11.5 Å². The van der Waals surface area contributed by atoms with Crippen LogP contribution in [-0.4, -0.2) is 51.6 Å². The average molecular weight is 383 g/mol. The molecule has 1 saturated heterocycles. The highest BCUT2D eigenvalue weighted by Gasteiger charge is 2.24. The van der Waals surface area contributed by atoms with Crippen LogP contribution in [0.1, 0.15) is 40.0 Å². The van der Waals surface area contributed by atoms with Crippen molar-refractivity contribution in [3.63, 3.8) is 0 Å². The number of methoxy groups -OCH3 is 2. The molecule has 0 aliphatic carbocycles. The Morgan fingerprint density at radius 3 is 2.21 bits per heavy atom. The van der Waals surface area contributed by atoms with Crippen LogP contribution in [0.3, 0.4) is 0 Å². The van der Waals surface area contributed by atoms with Gasteiger partial charge in [-0.3, -0.25) is 9.69 Å². The van der Waals surface area contributed by atoms with Gasteiger partial charge < -0.3 is 14.4 Å². The Kier molecular flexibility index (Phi) is 6.25. The maximum Gasteiger partial charge on any atom is 0.161 e. The molecule has 1 fully saturated rings. The zero-order chi connectivity index (χ0) is 20.3. The average Bonchev–Trinajstić information content (AvgIpc) is 2.74. The van der Waals surface area contributed by atoms with Gasteiger partial charge in [0, 0.05) is 43.5 Å². The Bertz CT molecular complexity index is 842. The fourth-order valence-electron chi connectivity index (χ4n) is 3.96. The third kappa shape index (κ3) is 3.99. The third-order valence-electron chi connectivity index (χ3n) is 5.80. The zero-order valence-corrected chi connectivity index (χ0v) is 17.5. The number of nitrogens with zero attached hydrogens (tertiary/aromatic N) is 2. The van der Waals surface area contributed by atoms with Gasteiger partial charge in [-0.05, 0) is 61.7 Å². The predicted molar refractivity (Wildman–Crippen MR) is 113 cm³/mol. The quantitative estimate of drug-likeness (QED) is 0.706. The van der Waals surface area contributed by atoms with Crippen molar-refractivity contribution in [2.45, 2.75) is 26.8 Å². The first-order valence-electron chi connectivity index (χ1n) is 9.75. The molecule has 1 aliphatic rings. The summed E-state index contributed by atoms with van der Waals surface area (Å²) in [6.45, 7) is 10.2. The van der Waals surface area contributed by atoms with Crippen molar-refractivity contribution in [3.05, 3.63) is 52.6 Å². The smallest absolute Gasteiger partial charge is 0.161 e. The fraction of sp³-hybridized carbons (Fsp3) is 0.435. The van der Waals surface area contributed by atoms with Gasteiger partial charge in [-0.2, -0.15) is 0 Å². The second kappa shape index (κ2) is 8.65. The van der Waals surface area contributed by atoms with Gasteiger partial charge in [0.15, 0.2) is 11.5 Å². The molecular weight excluding hydrogens is 352 g/mol. The van der Waals surface area contributed by atoms with Crippen LogP contribution in [0, 0.1) is 13.8 Å². The van der Waals surface area contributed by atoms with Gasteiger partial charge in [0.05, 0.1) is 14.2 Å². The number of carbonyl (C=O) groups excluding carboxylic acids is 1. The zero-order valence-electron chi connectivity index (χ0n) is 17.5. The van der Waals surface area contributed by atoms with Gasteiger partial charge in [0.2, 0.25) is 0 Å². The molecular formula is C23H30N2O3. The van der Waals surface area contributed by atoms with Crippen molar-refractivity contribution < 1.29 is 14.3 Å². The summed E-state index contributed by atoms with van der Waals surface area (Å²) in [5, 5.41) is 0. The number of hydrogen-bond donors (Lipinski definition) is 0. The van der Waals surface area contributed by atoms with Crippen LogP contribution in [0.2, 0.25) is 0 Å². The molecule has 3 rings (SSSR count). The van der Waals surface area contributed by atoms with Crippen molar-refractivity contribution in [3.8, 4) is 11.5 Å². The van der Waals surface area contributed by atoms with Crippen LogP contribution in [0.4, 0.5) is 5.69 Å². The summed E-state index contributed by atoms with van der Waals surface area (Å²) in [6.07, 6.45) is 0.939. The summed E-state index contributed by atoms with van der Waals surface area (Å²) >= 11 is 0. The lowest BCUT2D eigenvalue weighted by atomic mass is 10.0. The molecule has 1 atom stereocenters. The predicted octanol–water partition coefficient (Wildman–Crippen LogP) is 4.02. The standard InChI is InChI=1S/C23H30N2O3/c1-16-13-21(17(2)12-20(16)15-26)25-10-8-24(9-11-25)18(3)19-6-7-22(27-4)23(14-19)28-5/h6-7,12-15,18H,8-11H2,1-5H3. The number of hydrogen-bond acceptors (Lipinski definition) is 5. The molecule has 28 heavy (non-hydrogen) atoms. The lowest BCUT2D eigenvalue weighted by Gasteiger charge is -2.40. The van der Waals surface area contributed by atoms with Crippen LogP contribution < -0.4 is 14.4 Å². The SMILES string of the molecule is COc1ccc(C(C)N2CCN(c3cc(C)c(C=O)cc3C)CC2)cc1OC. The van der Waals surface area contributed by atoms with E-state index in [1.807, 2.05) is 19.1 Å². The van der Waals surface area contributed by atoms with E-state index in [2.05, 4.69) is 41.8 Å². The first kappa shape index (κ1) is 20.2. The molecule has 2 aromatic rings. The largest absolute Gasteiger partial charge is 0.493 e. The van der Waals surface area contributed by atoms with Crippen molar-refractivity contribution in [2.75, 3.05) is 45.3 Å². The number of aryl methyl sites for hydroxylation is 2. The lowest BCUT2D eigenvalue weighted by molar-refractivity contribution is 0.112. The van der Waals surface area contributed by atoms with E-state index in [0.29, 0.717) is 6.04 Å². The Morgan fingerprint density at radius 2 is 1.61 bits per heavy atom. The maximum atomic E-state index is 11.2. The molecule has 0 aromatic heterocycles. The summed E-state index contributed by atoms with van der Waals surface area (Å²) in [6, 6.07) is 10.6. The molecule has 0 bridgehead atoms. The topological polar surface area (TPSA) is 42.0 Å². The molecule has 0 radical (unpaired) electrons. The number of aldehydes is 1. The highest BCUT2D eigenvalue weighted by molar-refractivity contribution is 5.79. The monoisotopic (exact) mass is 382 g/mol. The minimum Gasteiger partial charge on any atom is -0.493 e. The first-order chi connectivity index (χ1) is 13.5. The highest BCUT2D eigenvalue weighted by atomic mass is 16.5. The van der Waals surface area contributed by atoms with Gasteiger partial charge >= 0.3 is 0 Å². The minimum atomic E-state index is 0.308. The molecule has 1 heterocycles. The van der Waals surface area contributed by atoms with E-state index in [1.54, 1.807) is 14.2 Å². The molecule has 5 nitrogen and oxygen atoms in total. The lowest BCUT2D eigenvalue weighted by Crippen LogP contribution is -2.47. The Hall–Kier alpha value is -2.53. The number of ether oxygens (including phenoxy) is 2. The number of benzene rings is 2. The van der Waals surface area contributed by atoms with E-state index in [9.17, 15) is 4.79 Å². The van der Waals surface area contributed by atoms with Gasteiger partial charge in [-0.15, -0.1) is 0 Å². The maximum absolute atomic E-state index is 11.2. The second-order valence-electron chi connectivity index (χ2n) is 7.43. The molecule has 0 spiro atoms. The van der Waals surface area contributed by atoms with E-state index in [-0.39, 0.29) is 0 Å². The molecule has 0 amide bonds. The van der Waals surface area contributed by atoms with Gasteiger partial charge in [0.1, 0.15) is 6.29 Å². The summed E-state index contributed by atoms with van der Waals surface area (Å²) < 4.78 is 10.8. The van der Waals surface area contributed by atoms with E-state index in [0.717, 1.165) is 60.7 Å². The summed E-state index contributed by atoms with van der Waals surface area (Å²) in [5.41, 5.74) is 5.45. The molecule has 1 unspecified atom stereocenters. The van der Waals surface area contributed by atoms with Crippen molar-refractivity contribution in [1.29, 1.82) is 0 Å². The first-order valence-corrected chi connectivity index (χ1v) is 9.75. The van der Waals surface area contributed by atoms with Crippen molar-refractivity contribution in [2.24, 2.45) is 0 Å². The molecule has 150 valence electrons. The summed E-state index contributed by atoms with van der Waals surface area (Å²) in [5.74, 6) is 1.53.